The smallest absolute Gasteiger partial charge is 0.326 e. The third-order valence-electron chi connectivity index (χ3n) is 2.13. The quantitative estimate of drug-likeness (QED) is 0.669. The van der Waals surface area contributed by atoms with E-state index in [1.807, 2.05) is 0 Å². The van der Waals surface area contributed by atoms with Gasteiger partial charge in [-0.3, -0.25) is 4.79 Å². The van der Waals surface area contributed by atoms with Crippen LogP contribution < -0.4 is 5.32 Å². The van der Waals surface area contributed by atoms with Crippen molar-refractivity contribution in [1.29, 1.82) is 0 Å². The van der Waals surface area contributed by atoms with Crippen LogP contribution in [0.2, 0.25) is 0 Å². The molecule has 5 nitrogen and oxygen atoms in total. The fourth-order valence-electron chi connectivity index (χ4n) is 1.06. The summed E-state index contributed by atoms with van der Waals surface area (Å²) in [5, 5.41) is 11.5. The zero-order chi connectivity index (χ0) is 12.8. The maximum Gasteiger partial charge on any atom is 0.326 e. The van der Waals surface area contributed by atoms with Crippen LogP contribution in [-0.2, 0) is 14.3 Å². The maximum absolute atomic E-state index is 11.6. The van der Waals surface area contributed by atoms with Gasteiger partial charge in [-0.2, -0.15) is 0 Å². The molecular weight excluding hydrogens is 210 g/mol. The van der Waals surface area contributed by atoms with Gasteiger partial charge in [0.15, 0.2) is 0 Å². The zero-order valence-electron chi connectivity index (χ0n) is 10.4. The second-order valence-corrected chi connectivity index (χ2v) is 4.75. The van der Waals surface area contributed by atoms with Gasteiger partial charge in [0.2, 0.25) is 5.91 Å². The van der Waals surface area contributed by atoms with E-state index in [0.29, 0.717) is 19.4 Å². The van der Waals surface area contributed by atoms with Crippen molar-refractivity contribution in [1.82, 2.24) is 5.32 Å². The number of carboxylic acid groups (broad SMARTS) is 1. The first-order valence-electron chi connectivity index (χ1n) is 5.31. The topological polar surface area (TPSA) is 75.6 Å². The first kappa shape index (κ1) is 14.9. The minimum Gasteiger partial charge on any atom is -0.480 e. The SMILES string of the molecule is COCCCC(NC(=O)C(C)(C)C)C(=O)O. The number of aliphatic carboxylic acids is 1. The second kappa shape index (κ2) is 6.48. The molecule has 1 amide bonds. The molecule has 0 aromatic carbocycles. The van der Waals surface area contributed by atoms with Gasteiger partial charge in [0.25, 0.3) is 0 Å². The molecule has 0 aliphatic rings. The van der Waals surface area contributed by atoms with Crippen LogP contribution in [0.1, 0.15) is 33.6 Å². The lowest BCUT2D eigenvalue weighted by molar-refractivity contribution is -0.143. The van der Waals surface area contributed by atoms with E-state index >= 15 is 0 Å². The van der Waals surface area contributed by atoms with Crippen molar-refractivity contribution in [3.8, 4) is 0 Å². The van der Waals surface area contributed by atoms with Crippen molar-refractivity contribution in [2.75, 3.05) is 13.7 Å². The Kier molecular flexibility index (Phi) is 6.03. The Morgan fingerprint density at radius 2 is 1.94 bits per heavy atom. The number of carbonyl (C=O) groups excluding carboxylic acids is 1. The van der Waals surface area contributed by atoms with Gasteiger partial charge < -0.3 is 15.2 Å². The molecule has 0 aromatic heterocycles. The van der Waals surface area contributed by atoms with Crippen LogP contribution in [0.5, 0.6) is 0 Å². The van der Waals surface area contributed by atoms with Crippen molar-refractivity contribution in [3.63, 3.8) is 0 Å². The average molecular weight is 231 g/mol. The minimum absolute atomic E-state index is 0.252. The van der Waals surface area contributed by atoms with E-state index in [1.165, 1.54) is 0 Å². The Morgan fingerprint density at radius 1 is 1.38 bits per heavy atom. The number of carboxylic acids is 1. The molecule has 0 bridgehead atoms. The van der Waals surface area contributed by atoms with Crippen molar-refractivity contribution < 1.29 is 19.4 Å². The van der Waals surface area contributed by atoms with Gasteiger partial charge in [-0.25, -0.2) is 4.79 Å². The van der Waals surface area contributed by atoms with Gasteiger partial charge in [-0.1, -0.05) is 20.8 Å². The molecule has 0 saturated carbocycles. The van der Waals surface area contributed by atoms with Crippen LogP contribution in [0.15, 0.2) is 0 Å². The second-order valence-electron chi connectivity index (χ2n) is 4.75. The van der Waals surface area contributed by atoms with Gasteiger partial charge in [0, 0.05) is 19.1 Å². The predicted octanol–water partition coefficient (Wildman–Crippen LogP) is 1.03. The molecule has 2 N–H and O–H groups in total. The minimum atomic E-state index is -1.01. The molecule has 1 unspecified atom stereocenters. The van der Waals surface area contributed by atoms with E-state index in [-0.39, 0.29) is 5.91 Å². The van der Waals surface area contributed by atoms with E-state index in [4.69, 9.17) is 9.84 Å². The molecule has 0 saturated heterocycles. The van der Waals surface area contributed by atoms with Crippen molar-refractivity contribution in [2.45, 2.75) is 39.7 Å². The van der Waals surface area contributed by atoms with Crippen LogP contribution >= 0.6 is 0 Å². The summed E-state index contributed by atoms with van der Waals surface area (Å²) < 4.78 is 4.84. The lowest BCUT2D eigenvalue weighted by Gasteiger charge is -2.21. The summed E-state index contributed by atoms with van der Waals surface area (Å²) in [7, 11) is 1.56. The number of hydrogen-bond acceptors (Lipinski definition) is 3. The first-order valence-corrected chi connectivity index (χ1v) is 5.31. The highest BCUT2D eigenvalue weighted by molar-refractivity contribution is 5.86. The Morgan fingerprint density at radius 3 is 2.31 bits per heavy atom. The number of amides is 1. The molecule has 0 aliphatic carbocycles. The Bertz CT molecular complexity index is 245. The highest BCUT2D eigenvalue weighted by atomic mass is 16.5. The number of carbonyl (C=O) groups is 2. The highest BCUT2D eigenvalue weighted by Gasteiger charge is 2.26. The lowest BCUT2D eigenvalue weighted by Crippen LogP contribution is -2.45. The molecule has 0 spiro atoms. The fourth-order valence-corrected chi connectivity index (χ4v) is 1.06. The summed E-state index contributed by atoms with van der Waals surface area (Å²) in [5.41, 5.74) is -0.574. The van der Waals surface area contributed by atoms with E-state index in [0.717, 1.165) is 0 Å². The monoisotopic (exact) mass is 231 g/mol. The number of ether oxygens (including phenoxy) is 1. The molecular formula is C11H21NO4. The van der Waals surface area contributed by atoms with Crippen molar-refractivity contribution in [2.24, 2.45) is 5.41 Å². The molecule has 0 fully saturated rings. The van der Waals surface area contributed by atoms with Gasteiger partial charge in [-0.05, 0) is 12.8 Å². The van der Waals surface area contributed by atoms with Crippen LogP contribution in [0.25, 0.3) is 0 Å². The molecule has 16 heavy (non-hydrogen) atoms. The van der Waals surface area contributed by atoms with Crippen LogP contribution in [0, 0.1) is 5.41 Å². The summed E-state index contributed by atoms with van der Waals surface area (Å²) in [4.78, 5) is 22.5. The number of methoxy groups -OCH3 is 1. The molecule has 94 valence electrons. The largest absolute Gasteiger partial charge is 0.480 e. The Hall–Kier alpha value is -1.10. The summed E-state index contributed by atoms with van der Waals surface area (Å²) in [6, 6.07) is -0.832. The highest BCUT2D eigenvalue weighted by Crippen LogP contribution is 2.13. The van der Waals surface area contributed by atoms with Gasteiger partial charge in [-0.15, -0.1) is 0 Å². The summed E-state index contributed by atoms with van der Waals surface area (Å²) in [6.07, 6.45) is 0.989. The maximum atomic E-state index is 11.6. The number of nitrogens with one attached hydrogen (secondary N) is 1. The third kappa shape index (κ3) is 5.70. The molecule has 1 atom stereocenters. The van der Waals surface area contributed by atoms with E-state index < -0.39 is 17.4 Å². The lowest BCUT2D eigenvalue weighted by atomic mass is 9.95. The van der Waals surface area contributed by atoms with E-state index in [1.54, 1.807) is 27.9 Å². The van der Waals surface area contributed by atoms with Crippen molar-refractivity contribution >= 4 is 11.9 Å². The first-order chi connectivity index (χ1) is 7.29. The van der Waals surface area contributed by atoms with Crippen LogP contribution in [-0.4, -0.2) is 36.7 Å². The number of hydrogen-bond donors (Lipinski definition) is 2. The zero-order valence-corrected chi connectivity index (χ0v) is 10.4. The normalized spacial score (nSPS) is 13.2. The van der Waals surface area contributed by atoms with Crippen LogP contribution in [0.4, 0.5) is 0 Å². The standard InChI is InChI=1S/C11H21NO4/c1-11(2,3)10(15)12-8(9(13)14)6-5-7-16-4/h8H,5-7H2,1-4H3,(H,12,15)(H,13,14). The average Bonchev–Trinajstić information content (AvgIpc) is 2.14. The fraction of sp³-hybridized carbons (Fsp3) is 0.818. The Labute approximate surface area is 96.2 Å². The third-order valence-corrected chi connectivity index (χ3v) is 2.13. The number of rotatable bonds is 6. The molecule has 0 aliphatic heterocycles. The Balaban J connectivity index is 4.24. The van der Waals surface area contributed by atoms with E-state index in [9.17, 15) is 9.59 Å². The molecule has 0 heterocycles. The molecule has 0 rings (SSSR count). The van der Waals surface area contributed by atoms with Gasteiger partial charge in [0.05, 0.1) is 0 Å². The van der Waals surface area contributed by atoms with Gasteiger partial charge in [0.1, 0.15) is 6.04 Å². The summed E-state index contributed by atoms with van der Waals surface area (Å²) in [6.45, 7) is 5.73. The summed E-state index contributed by atoms with van der Waals surface area (Å²) in [5.74, 6) is -1.26. The molecule has 0 aromatic rings. The summed E-state index contributed by atoms with van der Waals surface area (Å²) >= 11 is 0. The molecule has 5 heteroatoms. The van der Waals surface area contributed by atoms with Crippen molar-refractivity contribution in [3.05, 3.63) is 0 Å². The van der Waals surface area contributed by atoms with E-state index in [2.05, 4.69) is 5.32 Å². The van der Waals surface area contributed by atoms with Crippen LogP contribution in [0.3, 0.4) is 0 Å². The van der Waals surface area contributed by atoms with Gasteiger partial charge >= 0.3 is 5.97 Å². The predicted molar refractivity (Wildman–Crippen MR) is 60.1 cm³/mol. The molecule has 0 radical (unpaired) electrons.